The lowest BCUT2D eigenvalue weighted by Gasteiger charge is -2.32. The van der Waals surface area contributed by atoms with Gasteiger partial charge in [-0.3, -0.25) is 9.69 Å². The fraction of sp³-hybridized carbons (Fsp3) is 0.562. The van der Waals surface area contributed by atoms with Crippen LogP contribution in [-0.2, 0) is 14.8 Å². The van der Waals surface area contributed by atoms with Crippen molar-refractivity contribution in [3.05, 3.63) is 29.8 Å². The molecule has 0 spiro atoms. The van der Waals surface area contributed by atoms with E-state index in [0.29, 0.717) is 18.7 Å². The average Bonchev–Trinajstić information content (AvgIpc) is 2.53. The molecule has 2 rings (SSSR count). The van der Waals surface area contributed by atoms with Gasteiger partial charge in [0.25, 0.3) is 0 Å². The Balaban J connectivity index is 2.05. The molecule has 0 aromatic heterocycles. The lowest BCUT2D eigenvalue weighted by atomic mass is 10.1. The molecule has 1 saturated heterocycles. The van der Waals surface area contributed by atoms with E-state index >= 15 is 0 Å². The second kappa shape index (κ2) is 8.01. The van der Waals surface area contributed by atoms with Crippen molar-refractivity contribution in [1.82, 2.24) is 9.62 Å². The molecule has 0 radical (unpaired) electrons. The SMILES string of the molecule is COCCN1CCCC(NS(=O)(=O)c2cccc(C(C)=O)c2)C1. The molecular weight excluding hydrogens is 316 g/mol. The molecule has 0 aliphatic carbocycles. The Kier molecular flexibility index (Phi) is 6.29. The van der Waals surface area contributed by atoms with E-state index in [4.69, 9.17) is 4.74 Å². The molecule has 6 nitrogen and oxygen atoms in total. The van der Waals surface area contributed by atoms with E-state index in [1.165, 1.54) is 19.1 Å². The number of benzene rings is 1. The van der Waals surface area contributed by atoms with E-state index in [-0.39, 0.29) is 16.7 Å². The van der Waals surface area contributed by atoms with Gasteiger partial charge < -0.3 is 4.74 Å². The van der Waals surface area contributed by atoms with Gasteiger partial charge in [0.15, 0.2) is 5.78 Å². The number of ketones is 1. The number of carbonyl (C=O) groups is 1. The first-order chi connectivity index (χ1) is 10.9. The summed E-state index contributed by atoms with van der Waals surface area (Å²) in [4.78, 5) is 13.8. The minimum atomic E-state index is -3.62. The summed E-state index contributed by atoms with van der Waals surface area (Å²) in [6, 6.07) is 6.04. The molecule has 1 aliphatic heterocycles. The van der Waals surface area contributed by atoms with Crippen LogP contribution in [0.3, 0.4) is 0 Å². The molecule has 1 aromatic carbocycles. The maximum atomic E-state index is 12.5. The molecule has 0 saturated carbocycles. The molecule has 1 aromatic rings. The van der Waals surface area contributed by atoms with Crippen LogP contribution in [0.25, 0.3) is 0 Å². The highest BCUT2D eigenvalue weighted by molar-refractivity contribution is 7.89. The molecule has 1 fully saturated rings. The van der Waals surface area contributed by atoms with Crippen LogP contribution in [0.2, 0.25) is 0 Å². The third-order valence-electron chi connectivity index (χ3n) is 3.99. The standard InChI is InChI=1S/C16H24N2O4S/c1-13(19)14-5-3-7-16(11-14)23(20,21)17-15-6-4-8-18(12-15)9-10-22-2/h3,5,7,11,15,17H,4,6,8-10,12H2,1-2H3. The van der Waals surface area contributed by atoms with Crippen molar-refractivity contribution >= 4 is 15.8 Å². The first-order valence-corrected chi connectivity index (χ1v) is 9.25. The number of nitrogens with one attached hydrogen (secondary N) is 1. The van der Waals surface area contributed by atoms with Crippen molar-refractivity contribution in [3.63, 3.8) is 0 Å². The van der Waals surface area contributed by atoms with Gasteiger partial charge in [-0.2, -0.15) is 0 Å². The first-order valence-electron chi connectivity index (χ1n) is 7.77. The molecular formula is C16H24N2O4S. The van der Waals surface area contributed by atoms with Crippen molar-refractivity contribution in [2.24, 2.45) is 0 Å². The minimum absolute atomic E-state index is 0.119. The lowest BCUT2D eigenvalue weighted by molar-refractivity contribution is 0.101. The van der Waals surface area contributed by atoms with Gasteiger partial charge in [0.05, 0.1) is 11.5 Å². The largest absolute Gasteiger partial charge is 0.383 e. The molecule has 1 atom stereocenters. The van der Waals surface area contributed by atoms with E-state index < -0.39 is 10.0 Å². The number of likely N-dealkylation sites (tertiary alicyclic amines) is 1. The number of hydrogen-bond acceptors (Lipinski definition) is 5. The monoisotopic (exact) mass is 340 g/mol. The highest BCUT2D eigenvalue weighted by Gasteiger charge is 2.25. The fourth-order valence-electron chi connectivity index (χ4n) is 2.74. The third kappa shape index (κ3) is 5.10. The van der Waals surface area contributed by atoms with Crippen molar-refractivity contribution in [2.45, 2.75) is 30.7 Å². The van der Waals surface area contributed by atoms with Crippen molar-refractivity contribution in [2.75, 3.05) is 33.4 Å². The number of sulfonamides is 1. The number of methoxy groups -OCH3 is 1. The number of hydrogen-bond donors (Lipinski definition) is 1. The van der Waals surface area contributed by atoms with Crippen LogP contribution in [0.4, 0.5) is 0 Å². The quantitative estimate of drug-likeness (QED) is 0.757. The maximum Gasteiger partial charge on any atom is 0.240 e. The van der Waals surface area contributed by atoms with Gasteiger partial charge >= 0.3 is 0 Å². The van der Waals surface area contributed by atoms with Gasteiger partial charge in [-0.1, -0.05) is 12.1 Å². The molecule has 128 valence electrons. The van der Waals surface area contributed by atoms with Crippen LogP contribution in [0.15, 0.2) is 29.2 Å². The van der Waals surface area contributed by atoms with Crippen LogP contribution in [0, 0.1) is 0 Å². The lowest BCUT2D eigenvalue weighted by Crippen LogP contribution is -2.48. The smallest absolute Gasteiger partial charge is 0.240 e. The zero-order valence-corrected chi connectivity index (χ0v) is 14.4. The number of ether oxygens (including phenoxy) is 1. The molecule has 1 heterocycles. The maximum absolute atomic E-state index is 12.5. The Bertz CT molecular complexity index is 645. The summed E-state index contributed by atoms with van der Waals surface area (Å²) in [5.41, 5.74) is 0.401. The first kappa shape index (κ1) is 18.1. The Morgan fingerprint density at radius 1 is 1.43 bits per heavy atom. The summed E-state index contributed by atoms with van der Waals surface area (Å²) in [6.07, 6.45) is 1.76. The third-order valence-corrected chi connectivity index (χ3v) is 5.51. The number of rotatable bonds is 7. The van der Waals surface area contributed by atoms with Gasteiger partial charge in [-0.25, -0.2) is 13.1 Å². The zero-order valence-electron chi connectivity index (χ0n) is 13.6. The summed E-state index contributed by atoms with van der Waals surface area (Å²) in [6.45, 7) is 4.50. The highest BCUT2D eigenvalue weighted by Crippen LogP contribution is 2.16. The number of carbonyl (C=O) groups excluding carboxylic acids is 1. The predicted molar refractivity (Wildman–Crippen MR) is 88.1 cm³/mol. The Morgan fingerprint density at radius 3 is 2.91 bits per heavy atom. The Hall–Kier alpha value is -1.28. The van der Waals surface area contributed by atoms with E-state index in [9.17, 15) is 13.2 Å². The topological polar surface area (TPSA) is 75.7 Å². The molecule has 1 unspecified atom stereocenters. The van der Waals surface area contributed by atoms with Gasteiger partial charge in [0.1, 0.15) is 0 Å². The van der Waals surface area contributed by atoms with Crippen LogP contribution in [0.1, 0.15) is 30.1 Å². The van der Waals surface area contributed by atoms with E-state index in [0.717, 1.165) is 25.9 Å². The van der Waals surface area contributed by atoms with Gasteiger partial charge in [0, 0.05) is 31.8 Å². The highest BCUT2D eigenvalue weighted by atomic mass is 32.2. The number of Topliss-reactive ketones (excluding diaryl/α,β-unsaturated/α-hetero) is 1. The van der Waals surface area contributed by atoms with Crippen LogP contribution >= 0.6 is 0 Å². The number of nitrogens with zero attached hydrogens (tertiary/aromatic N) is 1. The minimum Gasteiger partial charge on any atom is -0.383 e. The Morgan fingerprint density at radius 2 is 2.22 bits per heavy atom. The molecule has 1 N–H and O–H groups in total. The van der Waals surface area contributed by atoms with Crippen LogP contribution in [-0.4, -0.2) is 58.5 Å². The van der Waals surface area contributed by atoms with Crippen molar-refractivity contribution in [1.29, 1.82) is 0 Å². The van der Waals surface area contributed by atoms with E-state index in [1.807, 2.05) is 0 Å². The molecule has 23 heavy (non-hydrogen) atoms. The molecule has 0 amide bonds. The summed E-state index contributed by atoms with van der Waals surface area (Å²) in [7, 11) is -1.96. The summed E-state index contributed by atoms with van der Waals surface area (Å²) < 4.78 is 32.9. The number of piperidine rings is 1. The normalized spacial score (nSPS) is 19.7. The summed E-state index contributed by atoms with van der Waals surface area (Å²) in [5, 5.41) is 0. The van der Waals surface area contributed by atoms with Crippen molar-refractivity contribution in [3.8, 4) is 0 Å². The van der Waals surface area contributed by atoms with E-state index in [1.54, 1.807) is 19.2 Å². The Labute approximate surface area is 137 Å². The van der Waals surface area contributed by atoms with Gasteiger partial charge in [-0.05, 0) is 38.4 Å². The van der Waals surface area contributed by atoms with E-state index in [2.05, 4.69) is 9.62 Å². The molecule has 0 bridgehead atoms. The second-order valence-corrected chi connectivity index (χ2v) is 7.55. The average molecular weight is 340 g/mol. The van der Waals surface area contributed by atoms with Crippen molar-refractivity contribution < 1.29 is 17.9 Å². The van der Waals surface area contributed by atoms with Gasteiger partial charge in [0.2, 0.25) is 10.0 Å². The summed E-state index contributed by atoms with van der Waals surface area (Å²) >= 11 is 0. The predicted octanol–water partition coefficient (Wildman–Crippen LogP) is 1.28. The van der Waals surface area contributed by atoms with Crippen LogP contribution in [0.5, 0.6) is 0 Å². The second-order valence-electron chi connectivity index (χ2n) is 5.84. The van der Waals surface area contributed by atoms with Gasteiger partial charge in [-0.15, -0.1) is 0 Å². The molecule has 1 aliphatic rings. The van der Waals surface area contributed by atoms with Crippen LogP contribution < -0.4 is 4.72 Å². The molecule has 7 heteroatoms. The zero-order chi connectivity index (χ0) is 16.9. The summed E-state index contributed by atoms with van der Waals surface area (Å²) in [5.74, 6) is -0.148. The fourth-order valence-corrected chi connectivity index (χ4v) is 4.05.